The quantitative estimate of drug-likeness (QED) is 0.767. The molecule has 0 saturated carbocycles. The van der Waals surface area contributed by atoms with Gasteiger partial charge in [-0.1, -0.05) is 6.07 Å². The Morgan fingerprint density at radius 2 is 1.88 bits per heavy atom. The molecule has 1 aromatic carbocycles. The fraction of sp³-hybridized carbons (Fsp3) is 0.600. The van der Waals surface area contributed by atoms with Crippen LogP contribution in [0.3, 0.4) is 0 Å². The Morgan fingerprint density at radius 1 is 1.18 bits per heavy atom. The zero-order valence-corrected chi connectivity index (χ0v) is 11.4. The maximum absolute atomic E-state index is 13.1. The number of hydrogen-bond acceptors (Lipinski definition) is 1. The fourth-order valence-corrected chi connectivity index (χ4v) is 1.81. The van der Waals surface area contributed by atoms with Gasteiger partial charge < -0.3 is 5.32 Å². The summed E-state index contributed by atoms with van der Waals surface area (Å²) in [5.41, 5.74) is 2.52. The molecule has 0 unspecified atom stereocenters. The van der Waals surface area contributed by atoms with E-state index in [4.69, 9.17) is 0 Å². The number of rotatable bonds is 5. The standard InChI is InChI=1S/C15H24FN/c1-12-8-9-14(16)11-13(12)7-5-6-10-17-15(2,3)4/h8-9,11,17H,5-7,10H2,1-4H3. The third-order valence-electron chi connectivity index (χ3n) is 2.84. The Balaban J connectivity index is 2.29. The first kappa shape index (κ1) is 14.2. The van der Waals surface area contributed by atoms with Crippen LogP contribution in [-0.2, 0) is 6.42 Å². The highest BCUT2D eigenvalue weighted by Crippen LogP contribution is 2.13. The summed E-state index contributed by atoms with van der Waals surface area (Å²) in [5, 5.41) is 3.46. The van der Waals surface area contributed by atoms with E-state index < -0.39 is 0 Å². The summed E-state index contributed by atoms with van der Waals surface area (Å²) in [6.45, 7) is 9.58. The van der Waals surface area contributed by atoms with Gasteiger partial charge in [0, 0.05) is 5.54 Å². The van der Waals surface area contributed by atoms with Crippen LogP contribution in [0.25, 0.3) is 0 Å². The molecule has 0 radical (unpaired) electrons. The summed E-state index contributed by atoms with van der Waals surface area (Å²) < 4.78 is 13.1. The lowest BCUT2D eigenvalue weighted by molar-refractivity contribution is 0.419. The predicted octanol–water partition coefficient (Wildman–Crippen LogP) is 3.84. The normalized spacial score (nSPS) is 11.8. The highest BCUT2D eigenvalue weighted by Gasteiger charge is 2.07. The average Bonchev–Trinajstić information content (AvgIpc) is 2.21. The van der Waals surface area contributed by atoms with Crippen LogP contribution in [-0.4, -0.2) is 12.1 Å². The molecule has 0 bridgehead atoms. The lowest BCUT2D eigenvalue weighted by Gasteiger charge is -2.20. The first-order valence-electron chi connectivity index (χ1n) is 6.38. The van der Waals surface area contributed by atoms with Gasteiger partial charge in [-0.15, -0.1) is 0 Å². The third-order valence-corrected chi connectivity index (χ3v) is 2.84. The van der Waals surface area contributed by atoms with Gasteiger partial charge in [-0.25, -0.2) is 4.39 Å². The van der Waals surface area contributed by atoms with Gasteiger partial charge in [0.05, 0.1) is 0 Å². The molecule has 2 heteroatoms. The minimum atomic E-state index is -0.126. The lowest BCUT2D eigenvalue weighted by atomic mass is 10.0. The molecule has 0 aliphatic heterocycles. The van der Waals surface area contributed by atoms with Crippen molar-refractivity contribution in [2.24, 2.45) is 0 Å². The molecule has 1 nitrogen and oxygen atoms in total. The molecule has 0 aliphatic carbocycles. The highest BCUT2D eigenvalue weighted by molar-refractivity contribution is 5.26. The summed E-state index contributed by atoms with van der Waals surface area (Å²) in [5.74, 6) is -0.126. The molecular weight excluding hydrogens is 213 g/mol. The molecule has 0 aromatic heterocycles. The summed E-state index contributed by atoms with van der Waals surface area (Å²) in [6.07, 6.45) is 3.20. The van der Waals surface area contributed by atoms with Gasteiger partial charge in [0.15, 0.2) is 0 Å². The molecule has 0 heterocycles. The van der Waals surface area contributed by atoms with Crippen molar-refractivity contribution < 1.29 is 4.39 Å². The predicted molar refractivity (Wildman–Crippen MR) is 71.8 cm³/mol. The van der Waals surface area contributed by atoms with Gasteiger partial charge in [-0.05, 0) is 76.8 Å². The van der Waals surface area contributed by atoms with E-state index in [0.29, 0.717) is 0 Å². The molecule has 96 valence electrons. The second kappa shape index (κ2) is 6.15. The van der Waals surface area contributed by atoms with Crippen molar-refractivity contribution in [3.63, 3.8) is 0 Å². The van der Waals surface area contributed by atoms with Crippen LogP contribution >= 0.6 is 0 Å². The number of unbranched alkanes of at least 4 members (excludes halogenated alkanes) is 1. The molecule has 17 heavy (non-hydrogen) atoms. The van der Waals surface area contributed by atoms with Crippen LogP contribution in [0.5, 0.6) is 0 Å². The number of hydrogen-bond donors (Lipinski definition) is 1. The van der Waals surface area contributed by atoms with Gasteiger partial charge in [0.1, 0.15) is 5.82 Å². The average molecular weight is 237 g/mol. The van der Waals surface area contributed by atoms with Gasteiger partial charge in [-0.3, -0.25) is 0 Å². The van der Waals surface area contributed by atoms with Crippen molar-refractivity contribution in [1.29, 1.82) is 0 Å². The van der Waals surface area contributed by atoms with E-state index in [1.807, 2.05) is 13.0 Å². The minimum absolute atomic E-state index is 0.126. The summed E-state index contributed by atoms with van der Waals surface area (Å²) in [6, 6.07) is 5.05. The van der Waals surface area contributed by atoms with E-state index in [9.17, 15) is 4.39 Å². The maximum Gasteiger partial charge on any atom is 0.123 e. The van der Waals surface area contributed by atoms with Crippen molar-refractivity contribution >= 4 is 0 Å². The van der Waals surface area contributed by atoms with Crippen molar-refractivity contribution in [2.45, 2.75) is 52.5 Å². The van der Waals surface area contributed by atoms with Crippen LogP contribution in [0.1, 0.15) is 44.7 Å². The van der Waals surface area contributed by atoms with E-state index in [1.165, 1.54) is 11.6 Å². The van der Waals surface area contributed by atoms with E-state index in [2.05, 4.69) is 26.1 Å². The van der Waals surface area contributed by atoms with Crippen LogP contribution in [0.15, 0.2) is 18.2 Å². The van der Waals surface area contributed by atoms with Gasteiger partial charge in [-0.2, -0.15) is 0 Å². The molecule has 1 aromatic rings. The molecule has 0 saturated heterocycles. The van der Waals surface area contributed by atoms with Crippen LogP contribution in [0.4, 0.5) is 4.39 Å². The van der Waals surface area contributed by atoms with Crippen LogP contribution < -0.4 is 5.32 Å². The Kier molecular flexibility index (Phi) is 5.13. The number of halogens is 1. The van der Waals surface area contributed by atoms with Crippen molar-refractivity contribution in [3.05, 3.63) is 35.1 Å². The topological polar surface area (TPSA) is 12.0 Å². The number of aryl methyl sites for hydroxylation is 2. The first-order valence-corrected chi connectivity index (χ1v) is 6.38. The Labute approximate surface area is 104 Å². The molecule has 1 rings (SSSR count). The molecule has 0 spiro atoms. The number of nitrogens with one attached hydrogen (secondary N) is 1. The molecule has 0 aliphatic rings. The zero-order valence-electron chi connectivity index (χ0n) is 11.4. The molecular formula is C15H24FN. The minimum Gasteiger partial charge on any atom is -0.312 e. The van der Waals surface area contributed by atoms with Crippen molar-refractivity contribution in [1.82, 2.24) is 5.32 Å². The Hall–Kier alpha value is -0.890. The number of benzene rings is 1. The van der Waals surface area contributed by atoms with Crippen molar-refractivity contribution in [2.75, 3.05) is 6.54 Å². The van der Waals surface area contributed by atoms with E-state index in [0.717, 1.165) is 31.4 Å². The molecule has 1 N–H and O–H groups in total. The SMILES string of the molecule is Cc1ccc(F)cc1CCCCNC(C)(C)C. The summed E-state index contributed by atoms with van der Waals surface area (Å²) in [7, 11) is 0. The zero-order chi connectivity index (χ0) is 12.9. The highest BCUT2D eigenvalue weighted by atomic mass is 19.1. The van der Waals surface area contributed by atoms with Crippen LogP contribution in [0, 0.1) is 12.7 Å². The fourth-order valence-electron chi connectivity index (χ4n) is 1.81. The van der Waals surface area contributed by atoms with Crippen molar-refractivity contribution in [3.8, 4) is 0 Å². The van der Waals surface area contributed by atoms with Crippen LogP contribution in [0.2, 0.25) is 0 Å². The van der Waals surface area contributed by atoms with E-state index in [1.54, 1.807) is 6.07 Å². The van der Waals surface area contributed by atoms with Gasteiger partial charge >= 0.3 is 0 Å². The summed E-state index contributed by atoms with van der Waals surface area (Å²) >= 11 is 0. The Bertz CT molecular complexity index is 352. The van der Waals surface area contributed by atoms with E-state index in [-0.39, 0.29) is 11.4 Å². The lowest BCUT2D eigenvalue weighted by Crippen LogP contribution is -2.36. The largest absolute Gasteiger partial charge is 0.312 e. The maximum atomic E-state index is 13.1. The Morgan fingerprint density at radius 3 is 2.53 bits per heavy atom. The van der Waals surface area contributed by atoms with Gasteiger partial charge in [0.25, 0.3) is 0 Å². The smallest absolute Gasteiger partial charge is 0.123 e. The first-order chi connectivity index (χ1) is 7.88. The monoisotopic (exact) mass is 237 g/mol. The second-order valence-electron chi connectivity index (χ2n) is 5.70. The van der Waals surface area contributed by atoms with Gasteiger partial charge in [0.2, 0.25) is 0 Å². The molecule has 0 fully saturated rings. The third kappa shape index (κ3) is 5.83. The second-order valence-corrected chi connectivity index (χ2v) is 5.70. The van der Waals surface area contributed by atoms with E-state index >= 15 is 0 Å². The molecule has 0 atom stereocenters. The summed E-state index contributed by atoms with van der Waals surface area (Å²) in [4.78, 5) is 0. The molecule has 0 amide bonds.